The van der Waals surface area contributed by atoms with Crippen molar-refractivity contribution in [3.05, 3.63) is 52.8 Å². The Morgan fingerprint density at radius 2 is 2.04 bits per heavy atom. The van der Waals surface area contributed by atoms with E-state index >= 15 is 0 Å². The molecule has 0 amide bonds. The Kier molecular flexibility index (Phi) is 5.25. The topological polar surface area (TPSA) is 35.5 Å². The number of fused-ring (bicyclic) bond motifs is 1. The molecule has 0 aliphatic rings. The van der Waals surface area contributed by atoms with Gasteiger partial charge in [0.1, 0.15) is 11.6 Å². The Hall–Kier alpha value is -2.11. The van der Waals surface area contributed by atoms with Crippen molar-refractivity contribution in [2.45, 2.75) is 13.3 Å². The van der Waals surface area contributed by atoms with Crippen molar-refractivity contribution in [2.75, 3.05) is 13.7 Å². The summed E-state index contributed by atoms with van der Waals surface area (Å²) in [5.41, 5.74) is 1.55. The standard InChI is InChI=1S/C19H16ClFO3S/c1-3-24-18(22)10-15-14-8-11(20)4-7-17(14)25-19(15)13-6-5-12(21)9-16(13)23-2/h4-9H,3,10H2,1-2H3. The predicted octanol–water partition coefficient (Wildman–Crippen LogP) is 5.48. The van der Waals surface area contributed by atoms with Gasteiger partial charge in [0.25, 0.3) is 0 Å². The normalized spacial score (nSPS) is 10.9. The van der Waals surface area contributed by atoms with Gasteiger partial charge in [0.05, 0.1) is 20.1 Å². The summed E-state index contributed by atoms with van der Waals surface area (Å²) in [4.78, 5) is 12.9. The van der Waals surface area contributed by atoms with Crippen LogP contribution in [0, 0.1) is 5.82 Å². The van der Waals surface area contributed by atoms with Crippen LogP contribution in [0.15, 0.2) is 36.4 Å². The minimum atomic E-state index is -0.378. The van der Waals surface area contributed by atoms with Gasteiger partial charge in [-0.3, -0.25) is 4.79 Å². The van der Waals surface area contributed by atoms with Gasteiger partial charge in [-0.25, -0.2) is 4.39 Å². The third-order valence-electron chi connectivity index (χ3n) is 3.79. The third kappa shape index (κ3) is 3.62. The number of halogens is 2. The molecule has 0 aliphatic heterocycles. The molecule has 0 spiro atoms. The number of ether oxygens (including phenoxy) is 2. The summed E-state index contributed by atoms with van der Waals surface area (Å²) in [6.45, 7) is 2.08. The zero-order valence-corrected chi connectivity index (χ0v) is 15.3. The zero-order valence-electron chi connectivity index (χ0n) is 13.8. The molecule has 0 saturated heterocycles. The average Bonchev–Trinajstić information content (AvgIpc) is 2.92. The van der Waals surface area contributed by atoms with E-state index in [0.717, 1.165) is 26.1 Å². The van der Waals surface area contributed by atoms with Crippen LogP contribution >= 0.6 is 22.9 Å². The average molecular weight is 379 g/mol. The fourth-order valence-electron chi connectivity index (χ4n) is 2.72. The fourth-order valence-corrected chi connectivity index (χ4v) is 4.13. The molecule has 1 aromatic heterocycles. The first-order valence-corrected chi connectivity index (χ1v) is 8.93. The second-order valence-corrected chi connectivity index (χ2v) is 6.87. The third-order valence-corrected chi connectivity index (χ3v) is 5.27. The van der Waals surface area contributed by atoms with Crippen molar-refractivity contribution >= 4 is 39.0 Å². The summed E-state index contributed by atoms with van der Waals surface area (Å²) in [7, 11) is 1.49. The number of rotatable bonds is 5. The second kappa shape index (κ2) is 7.42. The van der Waals surface area contributed by atoms with Crippen molar-refractivity contribution in [1.82, 2.24) is 0 Å². The van der Waals surface area contributed by atoms with Crippen molar-refractivity contribution in [2.24, 2.45) is 0 Å². The molecular formula is C19H16ClFO3S. The molecule has 0 radical (unpaired) electrons. The molecule has 130 valence electrons. The van der Waals surface area contributed by atoms with E-state index in [-0.39, 0.29) is 18.2 Å². The van der Waals surface area contributed by atoms with Crippen molar-refractivity contribution < 1.29 is 18.7 Å². The maximum atomic E-state index is 13.6. The molecule has 25 heavy (non-hydrogen) atoms. The first-order chi connectivity index (χ1) is 12.0. The molecule has 0 N–H and O–H groups in total. The van der Waals surface area contributed by atoms with Gasteiger partial charge in [-0.2, -0.15) is 0 Å². The Balaban J connectivity index is 2.22. The molecule has 0 atom stereocenters. The second-order valence-electron chi connectivity index (χ2n) is 5.38. The fraction of sp³-hybridized carbons (Fsp3) is 0.211. The Bertz CT molecular complexity index is 936. The number of benzene rings is 2. The van der Waals surface area contributed by atoms with Gasteiger partial charge < -0.3 is 9.47 Å². The van der Waals surface area contributed by atoms with E-state index in [1.165, 1.54) is 30.6 Å². The lowest BCUT2D eigenvalue weighted by molar-refractivity contribution is -0.142. The van der Waals surface area contributed by atoms with Gasteiger partial charge in [-0.15, -0.1) is 11.3 Å². The smallest absolute Gasteiger partial charge is 0.310 e. The molecule has 3 aromatic rings. The number of hydrogen-bond donors (Lipinski definition) is 0. The van der Waals surface area contributed by atoms with E-state index in [2.05, 4.69) is 0 Å². The first-order valence-electron chi connectivity index (χ1n) is 7.74. The van der Waals surface area contributed by atoms with Crippen LogP contribution in [0.4, 0.5) is 4.39 Å². The molecule has 0 fully saturated rings. The highest BCUT2D eigenvalue weighted by Gasteiger charge is 2.20. The first kappa shape index (κ1) is 17.7. The number of thiophene rings is 1. The molecular weight excluding hydrogens is 363 g/mol. The summed E-state index contributed by atoms with van der Waals surface area (Å²) in [6, 6.07) is 9.93. The van der Waals surface area contributed by atoms with E-state index < -0.39 is 0 Å². The molecule has 0 bridgehead atoms. The molecule has 0 saturated carbocycles. The van der Waals surface area contributed by atoms with Gasteiger partial charge in [0.15, 0.2) is 0 Å². The molecule has 6 heteroatoms. The Labute approximate surface area is 153 Å². The monoisotopic (exact) mass is 378 g/mol. The molecule has 2 aromatic carbocycles. The number of methoxy groups -OCH3 is 1. The number of carbonyl (C=O) groups is 1. The van der Waals surface area contributed by atoms with Gasteiger partial charge >= 0.3 is 5.97 Å². The van der Waals surface area contributed by atoms with Crippen LogP contribution in [0.1, 0.15) is 12.5 Å². The highest BCUT2D eigenvalue weighted by atomic mass is 35.5. The van der Waals surface area contributed by atoms with Gasteiger partial charge in [0.2, 0.25) is 0 Å². The van der Waals surface area contributed by atoms with E-state index in [9.17, 15) is 9.18 Å². The van der Waals surface area contributed by atoms with Crippen LogP contribution in [-0.2, 0) is 16.0 Å². The highest BCUT2D eigenvalue weighted by molar-refractivity contribution is 7.22. The van der Waals surface area contributed by atoms with Crippen molar-refractivity contribution in [1.29, 1.82) is 0 Å². The molecule has 0 unspecified atom stereocenters. The quantitative estimate of drug-likeness (QED) is 0.552. The van der Waals surface area contributed by atoms with Gasteiger partial charge in [-0.05, 0) is 48.2 Å². The maximum absolute atomic E-state index is 13.6. The Morgan fingerprint density at radius 1 is 1.24 bits per heavy atom. The summed E-state index contributed by atoms with van der Waals surface area (Å²) in [5.74, 6) is -0.274. The SMILES string of the molecule is CCOC(=O)Cc1c(-c2ccc(F)cc2OC)sc2ccc(Cl)cc12. The molecule has 3 nitrogen and oxygen atoms in total. The van der Waals surface area contributed by atoms with E-state index in [0.29, 0.717) is 17.4 Å². The van der Waals surface area contributed by atoms with Crippen molar-refractivity contribution in [3.8, 4) is 16.2 Å². The van der Waals surface area contributed by atoms with Gasteiger partial charge in [0, 0.05) is 26.2 Å². The van der Waals surface area contributed by atoms with Crippen LogP contribution in [0.3, 0.4) is 0 Å². The molecule has 3 rings (SSSR count). The zero-order chi connectivity index (χ0) is 18.0. The van der Waals surface area contributed by atoms with Crippen LogP contribution in [0.2, 0.25) is 5.02 Å². The van der Waals surface area contributed by atoms with E-state index in [1.54, 1.807) is 19.1 Å². The van der Waals surface area contributed by atoms with E-state index in [1.807, 2.05) is 12.1 Å². The number of carbonyl (C=O) groups excluding carboxylic acids is 1. The largest absolute Gasteiger partial charge is 0.496 e. The van der Waals surface area contributed by atoms with Crippen LogP contribution in [-0.4, -0.2) is 19.7 Å². The lowest BCUT2D eigenvalue weighted by atomic mass is 10.0. The van der Waals surface area contributed by atoms with Crippen LogP contribution in [0.5, 0.6) is 5.75 Å². The summed E-state index contributed by atoms with van der Waals surface area (Å²) in [5, 5.41) is 1.49. The minimum Gasteiger partial charge on any atom is -0.496 e. The highest BCUT2D eigenvalue weighted by Crippen LogP contribution is 2.43. The summed E-state index contributed by atoms with van der Waals surface area (Å²) >= 11 is 7.65. The lowest BCUT2D eigenvalue weighted by Gasteiger charge is -2.10. The van der Waals surface area contributed by atoms with Crippen molar-refractivity contribution in [3.63, 3.8) is 0 Å². The minimum absolute atomic E-state index is 0.115. The number of esters is 1. The maximum Gasteiger partial charge on any atom is 0.310 e. The Morgan fingerprint density at radius 3 is 2.76 bits per heavy atom. The van der Waals surface area contributed by atoms with Gasteiger partial charge in [-0.1, -0.05) is 11.6 Å². The van der Waals surface area contributed by atoms with Crippen LogP contribution < -0.4 is 4.74 Å². The number of hydrogen-bond acceptors (Lipinski definition) is 4. The van der Waals surface area contributed by atoms with E-state index in [4.69, 9.17) is 21.1 Å². The molecule has 1 heterocycles. The predicted molar refractivity (Wildman–Crippen MR) is 99.1 cm³/mol. The van der Waals surface area contributed by atoms with Crippen LogP contribution in [0.25, 0.3) is 20.5 Å². The molecule has 0 aliphatic carbocycles. The lowest BCUT2D eigenvalue weighted by Crippen LogP contribution is -2.07. The summed E-state index contributed by atoms with van der Waals surface area (Å²) < 4.78 is 25.0. The summed E-state index contributed by atoms with van der Waals surface area (Å²) in [6.07, 6.45) is 0.115.